The van der Waals surface area contributed by atoms with E-state index in [1.165, 1.54) is 11.1 Å². The molecule has 0 spiro atoms. The number of ether oxygens (including phenoxy) is 1. The van der Waals surface area contributed by atoms with E-state index in [9.17, 15) is 0 Å². The molecule has 2 nitrogen and oxygen atoms in total. The maximum absolute atomic E-state index is 5.67. The van der Waals surface area contributed by atoms with Crippen LogP contribution in [0.1, 0.15) is 43.7 Å². The number of benzene rings is 1. The van der Waals surface area contributed by atoms with Crippen LogP contribution in [0.3, 0.4) is 0 Å². The Kier molecular flexibility index (Phi) is 4.15. The van der Waals surface area contributed by atoms with Crippen LogP contribution in [-0.4, -0.2) is 13.7 Å². The zero-order valence-electron chi connectivity index (χ0n) is 10.1. The van der Waals surface area contributed by atoms with Crippen LogP contribution in [0.2, 0.25) is 0 Å². The van der Waals surface area contributed by atoms with E-state index in [0.717, 1.165) is 5.75 Å². The summed E-state index contributed by atoms with van der Waals surface area (Å²) in [5.74, 6) is 1.83. The molecule has 1 rings (SSSR count). The SMILES string of the molecule is COc1cc(C(C)C)ccc1C(C)CN. The Morgan fingerprint density at radius 3 is 2.40 bits per heavy atom. The van der Waals surface area contributed by atoms with Crippen LogP contribution in [-0.2, 0) is 0 Å². The van der Waals surface area contributed by atoms with Gasteiger partial charge in [0.2, 0.25) is 0 Å². The predicted octanol–water partition coefficient (Wildman–Crippen LogP) is 2.88. The summed E-state index contributed by atoms with van der Waals surface area (Å²) in [6, 6.07) is 6.41. The minimum Gasteiger partial charge on any atom is -0.496 e. The third-order valence-electron chi connectivity index (χ3n) is 2.81. The van der Waals surface area contributed by atoms with Crippen molar-refractivity contribution in [1.82, 2.24) is 0 Å². The van der Waals surface area contributed by atoms with Crippen molar-refractivity contribution in [2.75, 3.05) is 13.7 Å². The minimum absolute atomic E-state index is 0.348. The molecule has 0 saturated heterocycles. The van der Waals surface area contributed by atoms with E-state index in [1.54, 1.807) is 7.11 Å². The molecule has 1 aromatic carbocycles. The second kappa shape index (κ2) is 5.17. The fraction of sp³-hybridized carbons (Fsp3) is 0.538. The van der Waals surface area contributed by atoms with Gasteiger partial charge < -0.3 is 10.5 Å². The van der Waals surface area contributed by atoms with Gasteiger partial charge in [-0.2, -0.15) is 0 Å². The zero-order valence-corrected chi connectivity index (χ0v) is 10.1. The molecule has 0 radical (unpaired) electrons. The maximum atomic E-state index is 5.67. The second-order valence-electron chi connectivity index (χ2n) is 4.29. The summed E-state index contributed by atoms with van der Waals surface area (Å²) >= 11 is 0. The van der Waals surface area contributed by atoms with Crippen molar-refractivity contribution in [1.29, 1.82) is 0 Å². The normalized spacial score (nSPS) is 12.9. The highest BCUT2D eigenvalue weighted by Crippen LogP contribution is 2.29. The molecule has 2 N–H and O–H groups in total. The summed E-state index contributed by atoms with van der Waals surface area (Å²) in [7, 11) is 1.71. The number of hydrogen-bond donors (Lipinski definition) is 1. The van der Waals surface area contributed by atoms with Crippen molar-refractivity contribution in [3.05, 3.63) is 29.3 Å². The average molecular weight is 207 g/mol. The van der Waals surface area contributed by atoms with Crippen molar-refractivity contribution in [2.24, 2.45) is 5.73 Å². The molecule has 1 aromatic rings. The summed E-state index contributed by atoms with van der Waals surface area (Å²) in [5, 5.41) is 0. The second-order valence-corrected chi connectivity index (χ2v) is 4.29. The summed E-state index contributed by atoms with van der Waals surface area (Å²) in [6.45, 7) is 7.13. The molecule has 0 aromatic heterocycles. The fourth-order valence-corrected chi connectivity index (χ4v) is 1.62. The molecular weight excluding hydrogens is 186 g/mol. The standard InChI is InChI=1S/C13H21NO/c1-9(2)11-5-6-12(10(3)8-14)13(7-11)15-4/h5-7,9-10H,8,14H2,1-4H3. The highest BCUT2D eigenvalue weighted by atomic mass is 16.5. The molecule has 1 atom stereocenters. The van der Waals surface area contributed by atoms with Crippen LogP contribution in [0, 0.1) is 0 Å². The lowest BCUT2D eigenvalue weighted by atomic mass is 9.95. The Balaban J connectivity index is 3.09. The van der Waals surface area contributed by atoms with Crippen molar-refractivity contribution >= 4 is 0 Å². The van der Waals surface area contributed by atoms with Gasteiger partial charge in [0, 0.05) is 0 Å². The van der Waals surface area contributed by atoms with E-state index in [0.29, 0.717) is 18.4 Å². The quantitative estimate of drug-likeness (QED) is 0.824. The number of hydrogen-bond acceptors (Lipinski definition) is 2. The number of rotatable bonds is 4. The molecule has 0 fully saturated rings. The van der Waals surface area contributed by atoms with Crippen LogP contribution in [0.15, 0.2) is 18.2 Å². The smallest absolute Gasteiger partial charge is 0.122 e. The molecule has 0 aliphatic heterocycles. The van der Waals surface area contributed by atoms with E-state index >= 15 is 0 Å². The topological polar surface area (TPSA) is 35.2 Å². The van der Waals surface area contributed by atoms with E-state index in [-0.39, 0.29) is 0 Å². The van der Waals surface area contributed by atoms with Gasteiger partial charge in [-0.15, -0.1) is 0 Å². The van der Waals surface area contributed by atoms with Crippen LogP contribution >= 0.6 is 0 Å². The Morgan fingerprint density at radius 1 is 1.27 bits per heavy atom. The van der Waals surface area contributed by atoms with Crippen LogP contribution in [0.25, 0.3) is 0 Å². The lowest BCUT2D eigenvalue weighted by Gasteiger charge is -2.16. The molecule has 2 heteroatoms. The highest BCUT2D eigenvalue weighted by molar-refractivity contribution is 5.40. The lowest BCUT2D eigenvalue weighted by Crippen LogP contribution is -2.10. The molecular formula is C13H21NO. The first-order valence-electron chi connectivity index (χ1n) is 5.48. The van der Waals surface area contributed by atoms with Crippen molar-refractivity contribution in [3.8, 4) is 5.75 Å². The van der Waals surface area contributed by atoms with E-state index < -0.39 is 0 Å². The Hall–Kier alpha value is -1.02. The maximum Gasteiger partial charge on any atom is 0.122 e. The van der Waals surface area contributed by atoms with Crippen LogP contribution in [0.4, 0.5) is 0 Å². The molecule has 0 heterocycles. The average Bonchev–Trinajstić information content (AvgIpc) is 2.27. The van der Waals surface area contributed by atoms with Gasteiger partial charge in [-0.3, -0.25) is 0 Å². The largest absolute Gasteiger partial charge is 0.496 e. The third kappa shape index (κ3) is 2.72. The third-order valence-corrected chi connectivity index (χ3v) is 2.81. The van der Waals surface area contributed by atoms with Crippen molar-refractivity contribution in [3.63, 3.8) is 0 Å². The first kappa shape index (κ1) is 12.1. The van der Waals surface area contributed by atoms with Gasteiger partial charge in [-0.05, 0) is 35.6 Å². The lowest BCUT2D eigenvalue weighted by molar-refractivity contribution is 0.406. The van der Waals surface area contributed by atoms with Crippen LogP contribution < -0.4 is 10.5 Å². The Morgan fingerprint density at radius 2 is 1.93 bits per heavy atom. The molecule has 84 valence electrons. The molecule has 0 aliphatic carbocycles. The highest BCUT2D eigenvalue weighted by Gasteiger charge is 2.11. The van der Waals surface area contributed by atoms with Gasteiger partial charge >= 0.3 is 0 Å². The molecule has 0 saturated carbocycles. The van der Waals surface area contributed by atoms with Gasteiger partial charge in [-0.1, -0.05) is 32.9 Å². The summed E-state index contributed by atoms with van der Waals surface area (Å²) in [4.78, 5) is 0. The van der Waals surface area contributed by atoms with E-state index in [4.69, 9.17) is 10.5 Å². The number of nitrogens with two attached hydrogens (primary N) is 1. The molecule has 15 heavy (non-hydrogen) atoms. The first-order valence-corrected chi connectivity index (χ1v) is 5.48. The van der Waals surface area contributed by atoms with Gasteiger partial charge in [-0.25, -0.2) is 0 Å². The molecule has 0 bridgehead atoms. The summed E-state index contributed by atoms with van der Waals surface area (Å²) in [5.41, 5.74) is 8.17. The monoisotopic (exact) mass is 207 g/mol. The summed E-state index contributed by atoms with van der Waals surface area (Å²) < 4.78 is 5.40. The number of methoxy groups -OCH3 is 1. The Labute approximate surface area is 92.4 Å². The fourth-order valence-electron chi connectivity index (χ4n) is 1.62. The van der Waals surface area contributed by atoms with Gasteiger partial charge in [0.05, 0.1) is 7.11 Å². The van der Waals surface area contributed by atoms with Gasteiger partial charge in [0.1, 0.15) is 5.75 Å². The van der Waals surface area contributed by atoms with E-state index in [1.807, 2.05) is 0 Å². The predicted molar refractivity (Wildman–Crippen MR) is 64.6 cm³/mol. The van der Waals surface area contributed by atoms with Crippen LogP contribution in [0.5, 0.6) is 5.75 Å². The van der Waals surface area contributed by atoms with Gasteiger partial charge in [0.25, 0.3) is 0 Å². The minimum atomic E-state index is 0.348. The van der Waals surface area contributed by atoms with Gasteiger partial charge in [0.15, 0.2) is 0 Å². The van der Waals surface area contributed by atoms with Crippen molar-refractivity contribution < 1.29 is 4.74 Å². The van der Waals surface area contributed by atoms with Crippen molar-refractivity contribution in [2.45, 2.75) is 32.6 Å². The first-order chi connectivity index (χ1) is 7.10. The zero-order chi connectivity index (χ0) is 11.4. The molecule has 1 unspecified atom stereocenters. The summed E-state index contributed by atoms with van der Waals surface area (Å²) in [6.07, 6.45) is 0. The Bertz CT molecular complexity index is 320. The molecule has 0 amide bonds. The molecule has 0 aliphatic rings. The van der Waals surface area contributed by atoms with E-state index in [2.05, 4.69) is 39.0 Å².